The highest BCUT2D eigenvalue weighted by molar-refractivity contribution is 7.19. The Labute approximate surface area is 215 Å². The average molecular weight is 527 g/mol. The molecule has 3 aromatic heterocycles. The van der Waals surface area contributed by atoms with Crippen molar-refractivity contribution in [3.05, 3.63) is 89.7 Å². The fourth-order valence-electron chi connectivity index (χ4n) is 3.73. The van der Waals surface area contributed by atoms with Crippen molar-refractivity contribution in [2.75, 3.05) is 13.6 Å². The van der Waals surface area contributed by atoms with Crippen LogP contribution < -0.4 is 10.7 Å². The summed E-state index contributed by atoms with van der Waals surface area (Å²) in [6.07, 6.45) is 0.860. The van der Waals surface area contributed by atoms with E-state index in [1.54, 1.807) is 35.0 Å². The minimum atomic E-state index is -0.705. The number of carbonyl (C=O) groups excluding carboxylic acids is 1. The van der Waals surface area contributed by atoms with Crippen molar-refractivity contribution in [2.45, 2.75) is 19.2 Å². The van der Waals surface area contributed by atoms with E-state index in [1.165, 1.54) is 22.7 Å². The number of aliphatic hydroxyl groups excluding tert-OH is 1. The number of nitriles is 1. The largest absolute Gasteiger partial charge is 0.386 e. The van der Waals surface area contributed by atoms with Crippen LogP contribution >= 0.6 is 34.3 Å². The van der Waals surface area contributed by atoms with Crippen LogP contribution in [0, 0.1) is 11.3 Å². The maximum atomic E-state index is 13.1. The molecule has 180 valence electrons. The molecule has 4 rings (SSSR count). The van der Waals surface area contributed by atoms with E-state index in [1.807, 2.05) is 37.2 Å². The summed E-state index contributed by atoms with van der Waals surface area (Å²) in [7, 11) is 3.70. The number of hydrogen-bond acceptors (Lipinski definition) is 7. The van der Waals surface area contributed by atoms with Gasteiger partial charge in [0.25, 0.3) is 5.91 Å². The SMILES string of the molecule is CN(Cc1cc2c(s1)c(=O)c(C(=O)NCc1ccc(Cl)cc1)cn2C)CC(O)c1ccc(C#N)s1. The van der Waals surface area contributed by atoms with Gasteiger partial charge in [-0.15, -0.1) is 22.7 Å². The maximum absolute atomic E-state index is 13.1. The number of aromatic nitrogens is 1. The lowest BCUT2D eigenvalue weighted by atomic mass is 10.2. The van der Waals surface area contributed by atoms with Gasteiger partial charge in [-0.2, -0.15) is 5.26 Å². The molecule has 0 aliphatic rings. The molecule has 0 saturated carbocycles. The number of benzene rings is 1. The molecule has 0 spiro atoms. The average Bonchev–Trinajstić information content (AvgIpc) is 3.48. The van der Waals surface area contributed by atoms with Gasteiger partial charge in [-0.05, 0) is 42.9 Å². The van der Waals surface area contributed by atoms with E-state index in [-0.39, 0.29) is 11.0 Å². The van der Waals surface area contributed by atoms with Crippen LogP contribution in [0.4, 0.5) is 0 Å². The predicted octanol–water partition coefficient (Wildman–Crippen LogP) is 4.28. The Balaban J connectivity index is 1.47. The van der Waals surface area contributed by atoms with E-state index >= 15 is 0 Å². The van der Waals surface area contributed by atoms with Crippen LogP contribution in [0.5, 0.6) is 0 Å². The smallest absolute Gasteiger partial charge is 0.257 e. The second-order valence-corrected chi connectivity index (χ2v) is 10.9. The molecule has 10 heteroatoms. The van der Waals surface area contributed by atoms with Crippen molar-refractivity contribution in [1.29, 1.82) is 5.26 Å². The second-order valence-electron chi connectivity index (χ2n) is 8.25. The van der Waals surface area contributed by atoms with Gasteiger partial charge in [0.05, 0.1) is 10.2 Å². The molecule has 1 amide bonds. The molecular formula is C25H23ClN4O3S2. The third kappa shape index (κ3) is 5.81. The summed E-state index contributed by atoms with van der Waals surface area (Å²) in [5, 5.41) is 22.9. The number of thiophene rings is 2. The van der Waals surface area contributed by atoms with Crippen molar-refractivity contribution in [2.24, 2.45) is 7.05 Å². The standard InChI is InChI=1S/C25H23ClN4O3S2/c1-29(14-21(31)22-8-7-17(10-27)34-22)12-18-9-20-24(35-18)23(32)19(13-30(20)2)25(33)28-11-15-3-5-16(26)6-4-15/h3-9,13,21,31H,11-12,14H2,1-2H3,(H,28,33). The fourth-order valence-corrected chi connectivity index (χ4v) is 5.86. The van der Waals surface area contributed by atoms with E-state index in [4.69, 9.17) is 16.9 Å². The Bertz CT molecular complexity index is 1470. The van der Waals surface area contributed by atoms with Gasteiger partial charge in [-0.25, -0.2) is 0 Å². The molecule has 35 heavy (non-hydrogen) atoms. The summed E-state index contributed by atoms with van der Waals surface area (Å²) in [5.41, 5.74) is 1.44. The van der Waals surface area contributed by atoms with Crippen molar-refractivity contribution in [3.8, 4) is 6.07 Å². The third-order valence-corrected chi connectivity index (χ3v) is 7.95. The van der Waals surface area contributed by atoms with Gasteiger partial charge in [0.2, 0.25) is 5.43 Å². The molecule has 0 fully saturated rings. The number of hydrogen-bond donors (Lipinski definition) is 2. The number of nitrogens with zero attached hydrogens (tertiary/aromatic N) is 3. The number of aliphatic hydroxyl groups is 1. The van der Waals surface area contributed by atoms with E-state index in [0.717, 1.165) is 20.8 Å². The lowest BCUT2D eigenvalue weighted by Gasteiger charge is -2.19. The first-order chi connectivity index (χ1) is 16.7. The molecule has 4 aromatic rings. The summed E-state index contributed by atoms with van der Waals surface area (Å²) >= 11 is 8.53. The molecule has 0 bridgehead atoms. The number of pyridine rings is 1. The minimum absolute atomic E-state index is 0.0946. The van der Waals surface area contributed by atoms with Crippen LogP contribution in [0.3, 0.4) is 0 Å². The molecule has 2 N–H and O–H groups in total. The van der Waals surface area contributed by atoms with Crippen LogP contribution in [-0.2, 0) is 20.1 Å². The zero-order chi connectivity index (χ0) is 25.1. The molecule has 1 atom stereocenters. The summed E-state index contributed by atoms with van der Waals surface area (Å²) in [6, 6.07) is 14.6. The van der Waals surface area contributed by atoms with E-state index < -0.39 is 12.0 Å². The highest BCUT2D eigenvalue weighted by Gasteiger charge is 2.19. The molecule has 1 aromatic carbocycles. The van der Waals surface area contributed by atoms with Gasteiger partial charge in [-0.3, -0.25) is 14.5 Å². The second kappa shape index (κ2) is 10.7. The molecule has 0 radical (unpaired) electrons. The summed E-state index contributed by atoms with van der Waals surface area (Å²) < 4.78 is 2.31. The van der Waals surface area contributed by atoms with Crippen LogP contribution in [0.2, 0.25) is 5.02 Å². The normalized spacial score (nSPS) is 12.1. The van der Waals surface area contributed by atoms with Gasteiger partial charge in [0.15, 0.2) is 0 Å². The Hall–Kier alpha value is -3.00. The molecular weight excluding hydrogens is 504 g/mol. The predicted molar refractivity (Wildman–Crippen MR) is 140 cm³/mol. The maximum Gasteiger partial charge on any atom is 0.257 e. The van der Waals surface area contributed by atoms with Crippen LogP contribution in [0.1, 0.15) is 36.7 Å². The van der Waals surface area contributed by atoms with Gasteiger partial charge in [-0.1, -0.05) is 23.7 Å². The first kappa shape index (κ1) is 25.1. The van der Waals surface area contributed by atoms with Crippen molar-refractivity contribution < 1.29 is 9.90 Å². The van der Waals surface area contributed by atoms with Crippen LogP contribution in [0.25, 0.3) is 10.2 Å². The number of rotatable bonds is 8. The highest BCUT2D eigenvalue weighted by atomic mass is 35.5. The summed E-state index contributed by atoms with van der Waals surface area (Å²) in [6.45, 7) is 1.21. The van der Waals surface area contributed by atoms with E-state index in [9.17, 15) is 14.7 Å². The zero-order valence-corrected chi connectivity index (χ0v) is 21.5. The third-order valence-electron chi connectivity index (χ3n) is 5.50. The van der Waals surface area contributed by atoms with Gasteiger partial charge >= 0.3 is 0 Å². The molecule has 3 heterocycles. The number of fused-ring (bicyclic) bond motifs is 1. The summed E-state index contributed by atoms with van der Waals surface area (Å²) in [5.74, 6) is -0.426. The number of carbonyl (C=O) groups is 1. The van der Waals surface area contributed by atoms with Gasteiger partial charge in [0, 0.05) is 47.7 Å². The lowest BCUT2D eigenvalue weighted by molar-refractivity contribution is 0.0949. The topological polar surface area (TPSA) is 98.4 Å². The molecule has 0 aliphatic carbocycles. The van der Waals surface area contributed by atoms with Gasteiger partial charge < -0.3 is 15.0 Å². The first-order valence-electron chi connectivity index (χ1n) is 10.8. The van der Waals surface area contributed by atoms with E-state index in [0.29, 0.717) is 34.2 Å². The zero-order valence-electron chi connectivity index (χ0n) is 19.1. The van der Waals surface area contributed by atoms with Crippen LogP contribution in [-0.4, -0.2) is 34.1 Å². The highest BCUT2D eigenvalue weighted by Crippen LogP contribution is 2.26. The van der Waals surface area contributed by atoms with Crippen LogP contribution in [0.15, 0.2) is 53.5 Å². The Morgan fingerprint density at radius 1 is 1.26 bits per heavy atom. The monoisotopic (exact) mass is 526 g/mol. The Morgan fingerprint density at radius 3 is 2.69 bits per heavy atom. The Kier molecular flexibility index (Phi) is 7.69. The van der Waals surface area contributed by atoms with Crippen molar-refractivity contribution in [3.63, 3.8) is 0 Å². The molecule has 0 saturated heterocycles. The first-order valence-corrected chi connectivity index (χ1v) is 12.8. The summed E-state index contributed by atoms with van der Waals surface area (Å²) in [4.78, 5) is 30.1. The van der Waals surface area contributed by atoms with E-state index in [2.05, 4.69) is 11.4 Å². The van der Waals surface area contributed by atoms with Crippen molar-refractivity contribution >= 4 is 50.4 Å². The Morgan fingerprint density at radius 2 is 2.00 bits per heavy atom. The molecule has 1 unspecified atom stereocenters. The number of nitrogens with one attached hydrogen (secondary N) is 1. The fraction of sp³-hybridized carbons (Fsp3) is 0.240. The quantitative estimate of drug-likeness (QED) is 0.357. The molecule has 0 aliphatic heterocycles. The number of aryl methyl sites for hydroxylation is 1. The minimum Gasteiger partial charge on any atom is -0.386 e. The lowest BCUT2D eigenvalue weighted by Crippen LogP contribution is -2.29. The number of amides is 1. The molecule has 7 nitrogen and oxygen atoms in total. The van der Waals surface area contributed by atoms with Crippen molar-refractivity contribution in [1.82, 2.24) is 14.8 Å². The number of halogens is 1. The van der Waals surface area contributed by atoms with Gasteiger partial charge in [0.1, 0.15) is 22.6 Å². The number of likely N-dealkylation sites (N-methyl/N-ethyl adjacent to an activating group) is 1.